The van der Waals surface area contributed by atoms with Gasteiger partial charge >= 0.3 is 0 Å². The minimum atomic E-state index is 0.136. The summed E-state index contributed by atoms with van der Waals surface area (Å²) in [6.45, 7) is 2.17. The van der Waals surface area contributed by atoms with Gasteiger partial charge in [0.2, 0.25) is 11.7 Å². The van der Waals surface area contributed by atoms with E-state index in [1.165, 1.54) is 11.9 Å². The first-order chi connectivity index (χ1) is 12.2. The van der Waals surface area contributed by atoms with Crippen LogP contribution in [0.25, 0.3) is 22.3 Å². The molecule has 0 spiro atoms. The molecule has 0 fully saturated rings. The third kappa shape index (κ3) is 3.36. The van der Waals surface area contributed by atoms with Crippen LogP contribution in [-0.4, -0.2) is 20.1 Å². The molecular formula is C18H13BrN4O2. The summed E-state index contributed by atoms with van der Waals surface area (Å²) in [7, 11) is 0. The molecular weight excluding hydrogens is 384 g/mol. The fourth-order valence-electron chi connectivity index (χ4n) is 2.38. The Balaban J connectivity index is 1.54. The molecule has 124 valence electrons. The summed E-state index contributed by atoms with van der Waals surface area (Å²) in [5, 5.41) is 4.81. The molecule has 7 heteroatoms. The fraction of sp³-hybridized carbons (Fsp3) is 0.111. The summed E-state index contributed by atoms with van der Waals surface area (Å²) in [5.41, 5.74) is 2.88. The number of aryl methyl sites for hydroxylation is 1. The molecule has 0 bridgehead atoms. The second-order valence-electron chi connectivity index (χ2n) is 5.51. The second kappa shape index (κ2) is 6.60. The number of benzene rings is 2. The van der Waals surface area contributed by atoms with E-state index in [-0.39, 0.29) is 6.61 Å². The minimum absolute atomic E-state index is 0.136. The van der Waals surface area contributed by atoms with Gasteiger partial charge in [-0.25, -0.2) is 9.97 Å². The van der Waals surface area contributed by atoms with Gasteiger partial charge in [-0.1, -0.05) is 50.9 Å². The van der Waals surface area contributed by atoms with E-state index >= 15 is 0 Å². The van der Waals surface area contributed by atoms with Crippen LogP contribution in [0, 0.1) is 6.92 Å². The van der Waals surface area contributed by atoms with Crippen molar-refractivity contribution in [2.24, 2.45) is 0 Å². The molecule has 0 saturated carbocycles. The van der Waals surface area contributed by atoms with Crippen molar-refractivity contribution in [3.8, 4) is 17.3 Å². The lowest BCUT2D eigenvalue weighted by atomic mass is 10.1. The number of nitrogens with zero attached hydrogens (tertiary/aromatic N) is 4. The summed E-state index contributed by atoms with van der Waals surface area (Å²) >= 11 is 3.44. The Bertz CT molecular complexity index is 1030. The van der Waals surface area contributed by atoms with Gasteiger partial charge in [-0.15, -0.1) is 0 Å². The molecule has 25 heavy (non-hydrogen) atoms. The van der Waals surface area contributed by atoms with Gasteiger partial charge in [0.1, 0.15) is 6.33 Å². The molecule has 0 radical (unpaired) electrons. The topological polar surface area (TPSA) is 73.9 Å². The van der Waals surface area contributed by atoms with Crippen LogP contribution in [0.15, 0.2) is 57.8 Å². The molecule has 0 atom stereocenters. The van der Waals surface area contributed by atoms with Gasteiger partial charge in [-0.05, 0) is 25.1 Å². The van der Waals surface area contributed by atoms with Crippen molar-refractivity contribution < 1.29 is 9.26 Å². The Labute approximate surface area is 152 Å². The van der Waals surface area contributed by atoms with Crippen LogP contribution in [0.3, 0.4) is 0 Å². The first-order valence-electron chi connectivity index (χ1n) is 7.62. The SMILES string of the molecule is Cc1ccc(-c2noc(COc3ncnc4ccc(Br)cc34)n2)cc1. The summed E-state index contributed by atoms with van der Waals surface area (Å²) in [6, 6.07) is 13.7. The molecule has 0 N–H and O–H groups in total. The smallest absolute Gasteiger partial charge is 0.264 e. The molecule has 0 aliphatic heterocycles. The Morgan fingerprint density at radius 1 is 1.08 bits per heavy atom. The summed E-state index contributed by atoms with van der Waals surface area (Å²) in [6.07, 6.45) is 1.47. The third-order valence-corrected chi connectivity index (χ3v) is 4.16. The number of ether oxygens (including phenoxy) is 1. The van der Waals surface area contributed by atoms with E-state index < -0.39 is 0 Å². The van der Waals surface area contributed by atoms with Crippen molar-refractivity contribution in [2.75, 3.05) is 0 Å². The highest BCUT2D eigenvalue weighted by atomic mass is 79.9. The Hall–Kier alpha value is -2.80. The maximum Gasteiger partial charge on any atom is 0.264 e. The first-order valence-corrected chi connectivity index (χ1v) is 8.41. The quantitative estimate of drug-likeness (QED) is 0.510. The number of fused-ring (bicyclic) bond motifs is 1. The molecule has 2 aromatic heterocycles. The second-order valence-corrected chi connectivity index (χ2v) is 6.42. The van der Waals surface area contributed by atoms with Crippen molar-refractivity contribution in [2.45, 2.75) is 13.5 Å². The third-order valence-electron chi connectivity index (χ3n) is 3.67. The monoisotopic (exact) mass is 396 g/mol. The van der Waals surface area contributed by atoms with Gasteiger partial charge in [-0.3, -0.25) is 0 Å². The van der Waals surface area contributed by atoms with Crippen molar-refractivity contribution in [3.63, 3.8) is 0 Å². The van der Waals surface area contributed by atoms with Crippen LogP contribution < -0.4 is 4.74 Å². The van der Waals surface area contributed by atoms with Crippen molar-refractivity contribution >= 4 is 26.8 Å². The maximum absolute atomic E-state index is 5.76. The lowest BCUT2D eigenvalue weighted by Gasteiger charge is -2.05. The van der Waals surface area contributed by atoms with E-state index in [4.69, 9.17) is 9.26 Å². The zero-order chi connectivity index (χ0) is 17.2. The highest BCUT2D eigenvalue weighted by Gasteiger charge is 2.11. The molecule has 6 nitrogen and oxygen atoms in total. The van der Waals surface area contributed by atoms with E-state index in [0.29, 0.717) is 17.6 Å². The van der Waals surface area contributed by atoms with Gasteiger partial charge < -0.3 is 9.26 Å². The van der Waals surface area contributed by atoms with Crippen LogP contribution >= 0.6 is 15.9 Å². The number of halogens is 1. The van der Waals surface area contributed by atoms with Crippen LogP contribution in [0.1, 0.15) is 11.5 Å². The molecule has 0 aliphatic carbocycles. The van der Waals surface area contributed by atoms with Crippen LogP contribution in [0.2, 0.25) is 0 Å². The predicted molar refractivity (Wildman–Crippen MR) is 96.0 cm³/mol. The van der Waals surface area contributed by atoms with E-state index in [9.17, 15) is 0 Å². The van der Waals surface area contributed by atoms with Gasteiger partial charge in [-0.2, -0.15) is 4.98 Å². The van der Waals surface area contributed by atoms with Gasteiger partial charge in [0.25, 0.3) is 5.89 Å². The van der Waals surface area contributed by atoms with Crippen LogP contribution in [-0.2, 0) is 6.61 Å². The largest absolute Gasteiger partial charge is 0.467 e. The van der Waals surface area contributed by atoms with Gasteiger partial charge in [0.05, 0.1) is 10.9 Å². The summed E-state index contributed by atoms with van der Waals surface area (Å²) in [5.74, 6) is 1.40. The van der Waals surface area contributed by atoms with Crippen molar-refractivity contribution in [1.82, 2.24) is 20.1 Å². The van der Waals surface area contributed by atoms with E-state index in [1.54, 1.807) is 0 Å². The lowest BCUT2D eigenvalue weighted by Crippen LogP contribution is -1.99. The van der Waals surface area contributed by atoms with E-state index in [0.717, 1.165) is 20.9 Å². The summed E-state index contributed by atoms with van der Waals surface area (Å²) < 4.78 is 12.0. The fourth-order valence-corrected chi connectivity index (χ4v) is 2.74. The molecule has 2 aromatic carbocycles. The Morgan fingerprint density at radius 3 is 2.76 bits per heavy atom. The molecule has 4 rings (SSSR count). The highest BCUT2D eigenvalue weighted by Crippen LogP contribution is 2.25. The highest BCUT2D eigenvalue weighted by molar-refractivity contribution is 9.10. The maximum atomic E-state index is 5.76. The zero-order valence-corrected chi connectivity index (χ0v) is 14.9. The zero-order valence-electron chi connectivity index (χ0n) is 13.3. The molecule has 0 amide bonds. The van der Waals surface area contributed by atoms with Crippen LogP contribution in [0.4, 0.5) is 0 Å². The average molecular weight is 397 g/mol. The molecule has 2 heterocycles. The minimum Gasteiger partial charge on any atom is -0.467 e. The number of hydrogen-bond acceptors (Lipinski definition) is 6. The molecule has 0 aliphatic rings. The number of hydrogen-bond donors (Lipinski definition) is 0. The van der Waals surface area contributed by atoms with E-state index in [2.05, 4.69) is 36.0 Å². The lowest BCUT2D eigenvalue weighted by molar-refractivity contribution is 0.238. The number of rotatable bonds is 4. The Kier molecular flexibility index (Phi) is 4.15. The molecule has 4 aromatic rings. The number of aromatic nitrogens is 4. The molecule has 0 saturated heterocycles. The van der Waals surface area contributed by atoms with Crippen LogP contribution in [0.5, 0.6) is 5.88 Å². The summed E-state index contributed by atoms with van der Waals surface area (Å²) in [4.78, 5) is 12.8. The first kappa shape index (κ1) is 15.7. The predicted octanol–water partition coefficient (Wildman–Crippen LogP) is 4.33. The van der Waals surface area contributed by atoms with Gasteiger partial charge in [0, 0.05) is 10.0 Å². The van der Waals surface area contributed by atoms with E-state index in [1.807, 2.05) is 49.4 Å². The normalized spacial score (nSPS) is 11.0. The average Bonchev–Trinajstić information content (AvgIpc) is 3.09. The molecule has 0 unspecified atom stereocenters. The Morgan fingerprint density at radius 2 is 1.92 bits per heavy atom. The van der Waals surface area contributed by atoms with Crippen molar-refractivity contribution in [3.05, 3.63) is 64.7 Å². The van der Waals surface area contributed by atoms with Gasteiger partial charge in [0.15, 0.2) is 6.61 Å². The van der Waals surface area contributed by atoms with Crippen molar-refractivity contribution in [1.29, 1.82) is 0 Å². The standard InChI is InChI=1S/C18H13BrN4O2/c1-11-2-4-12(5-3-11)17-22-16(25-23-17)9-24-18-14-8-13(19)6-7-15(14)20-10-21-18/h2-8,10H,9H2,1H3.